The first kappa shape index (κ1) is 15.0. The van der Waals surface area contributed by atoms with Gasteiger partial charge in [0.15, 0.2) is 16.8 Å². The summed E-state index contributed by atoms with van der Waals surface area (Å²) in [7, 11) is 0. The molecule has 0 amide bonds. The smallest absolute Gasteiger partial charge is 0.193 e. The largest absolute Gasteiger partial charge is 0.459 e. The Balaban J connectivity index is 2.02. The van der Waals surface area contributed by atoms with Crippen LogP contribution in [0.2, 0.25) is 5.02 Å². The molecule has 0 spiro atoms. The van der Waals surface area contributed by atoms with Gasteiger partial charge in [0.1, 0.15) is 5.76 Å². The van der Waals surface area contributed by atoms with Crippen molar-refractivity contribution >= 4 is 44.3 Å². The van der Waals surface area contributed by atoms with E-state index >= 15 is 0 Å². The minimum Gasteiger partial charge on any atom is -0.459 e. The first-order valence-corrected chi connectivity index (χ1v) is 7.72. The van der Waals surface area contributed by atoms with Gasteiger partial charge in [-0.15, -0.1) is 0 Å². The Morgan fingerprint density at radius 2 is 1.86 bits per heavy atom. The number of rotatable bonds is 3. The minimum atomic E-state index is -0.222. The van der Waals surface area contributed by atoms with Crippen LogP contribution in [0.4, 0.5) is 0 Å². The van der Waals surface area contributed by atoms with E-state index in [1.54, 1.807) is 36.4 Å². The molecule has 0 aliphatic heterocycles. The maximum Gasteiger partial charge on any atom is 0.193 e. The maximum absolute atomic E-state index is 12.2. The molecule has 0 saturated carbocycles. The van der Waals surface area contributed by atoms with Gasteiger partial charge in [-0.2, -0.15) is 0 Å². The Hall–Kier alpha value is -1.91. The molecule has 2 aromatic carbocycles. The highest BCUT2D eigenvalue weighted by molar-refractivity contribution is 9.10. The van der Waals surface area contributed by atoms with Crippen LogP contribution < -0.4 is 5.43 Å². The molecule has 0 aliphatic carbocycles. The average Bonchev–Trinajstić information content (AvgIpc) is 2.49. The van der Waals surface area contributed by atoms with Gasteiger partial charge in [0.2, 0.25) is 0 Å². The van der Waals surface area contributed by atoms with Gasteiger partial charge < -0.3 is 4.42 Å². The van der Waals surface area contributed by atoms with Crippen molar-refractivity contribution in [1.82, 2.24) is 0 Å². The highest BCUT2D eigenvalue weighted by Crippen LogP contribution is 2.27. The van der Waals surface area contributed by atoms with Crippen LogP contribution in [-0.2, 0) is 6.42 Å². The molecule has 3 nitrogen and oxygen atoms in total. The summed E-state index contributed by atoms with van der Waals surface area (Å²) in [4.78, 5) is 24.4. The lowest BCUT2D eigenvalue weighted by atomic mass is 10.1. The van der Waals surface area contributed by atoms with E-state index in [1.165, 1.54) is 6.07 Å². The van der Waals surface area contributed by atoms with Crippen molar-refractivity contribution in [2.24, 2.45) is 0 Å². The van der Waals surface area contributed by atoms with Gasteiger partial charge >= 0.3 is 0 Å². The SMILES string of the molecule is O=C(Cc1cc(=O)c2cc(Br)cc(Cl)c2o1)c1ccccc1. The zero-order valence-electron chi connectivity index (χ0n) is 11.3. The first-order chi connectivity index (χ1) is 10.5. The Bertz CT molecular complexity index is 916. The highest BCUT2D eigenvalue weighted by Gasteiger charge is 2.13. The number of fused-ring (bicyclic) bond motifs is 1. The predicted molar refractivity (Wildman–Crippen MR) is 89.7 cm³/mol. The molecule has 0 atom stereocenters. The lowest BCUT2D eigenvalue weighted by molar-refractivity contribution is 0.0987. The van der Waals surface area contributed by atoms with E-state index in [4.69, 9.17) is 16.0 Å². The average molecular weight is 378 g/mol. The van der Waals surface area contributed by atoms with Gasteiger partial charge in [-0.05, 0) is 12.1 Å². The molecule has 3 rings (SSSR count). The molecule has 0 saturated heterocycles. The third kappa shape index (κ3) is 2.98. The molecular formula is C17H10BrClO3. The topological polar surface area (TPSA) is 47.3 Å². The summed E-state index contributed by atoms with van der Waals surface area (Å²) in [6.45, 7) is 0. The van der Waals surface area contributed by atoms with Gasteiger partial charge in [0.25, 0.3) is 0 Å². The van der Waals surface area contributed by atoms with Crippen molar-refractivity contribution in [3.05, 3.63) is 79.6 Å². The molecule has 0 unspecified atom stereocenters. The van der Waals surface area contributed by atoms with E-state index in [9.17, 15) is 9.59 Å². The van der Waals surface area contributed by atoms with Crippen molar-refractivity contribution in [2.45, 2.75) is 6.42 Å². The fourth-order valence-electron chi connectivity index (χ4n) is 2.20. The second-order valence-electron chi connectivity index (χ2n) is 4.81. The predicted octanol–water partition coefficient (Wildman–Crippen LogP) is 4.63. The summed E-state index contributed by atoms with van der Waals surface area (Å²) in [6, 6.07) is 13.5. The summed E-state index contributed by atoms with van der Waals surface area (Å²) in [6.07, 6.45) is 0.0155. The lowest BCUT2D eigenvalue weighted by Crippen LogP contribution is -2.08. The monoisotopic (exact) mass is 376 g/mol. The van der Waals surface area contributed by atoms with E-state index in [1.807, 2.05) is 6.07 Å². The van der Waals surface area contributed by atoms with Crippen molar-refractivity contribution in [3.63, 3.8) is 0 Å². The Labute approximate surface area is 139 Å². The zero-order chi connectivity index (χ0) is 15.7. The standard InChI is InChI=1S/C17H10BrClO3/c18-11-6-13-16(21)9-12(22-17(13)14(19)7-11)8-15(20)10-4-2-1-3-5-10/h1-7,9H,8H2. The quantitative estimate of drug-likeness (QED) is 0.625. The molecule has 0 N–H and O–H groups in total. The molecule has 3 aromatic rings. The van der Waals surface area contributed by atoms with Gasteiger partial charge in [0, 0.05) is 16.1 Å². The Morgan fingerprint density at radius 1 is 1.14 bits per heavy atom. The Morgan fingerprint density at radius 3 is 2.59 bits per heavy atom. The summed E-state index contributed by atoms with van der Waals surface area (Å²) < 4.78 is 6.35. The summed E-state index contributed by atoms with van der Waals surface area (Å²) >= 11 is 9.40. The zero-order valence-corrected chi connectivity index (χ0v) is 13.6. The molecule has 22 heavy (non-hydrogen) atoms. The van der Waals surface area contributed by atoms with Crippen molar-refractivity contribution in [1.29, 1.82) is 0 Å². The van der Waals surface area contributed by atoms with E-state index in [0.717, 1.165) is 0 Å². The van der Waals surface area contributed by atoms with Gasteiger partial charge in [-0.3, -0.25) is 9.59 Å². The third-order valence-corrected chi connectivity index (χ3v) is 3.97. The van der Waals surface area contributed by atoms with Gasteiger partial charge in [-0.25, -0.2) is 0 Å². The molecular weight excluding hydrogens is 368 g/mol. The second kappa shape index (κ2) is 6.07. The molecule has 5 heteroatoms. The molecule has 0 aliphatic rings. The van der Waals surface area contributed by atoms with E-state index in [0.29, 0.717) is 31.8 Å². The van der Waals surface area contributed by atoms with Crippen LogP contribution in [0.3, 0.4) is 0 Å². The highest BCUT2D eigenvalue weighted by atomic mass is 79.9. The number of ketones is 1. The third-order valence-electron chi connectivity index (χ3n) is 3.23. The number of benzene rings is 2. The van der Waals surface area contributed by atoms with Gasteiger partial charge in [0.05, 0.1) is 16.8 Å². The molecule has 110 valence electrons. The number of hydrogen-bond acceptors (Lipinski definition) is 3. The number of halogens is 2. The summed E-state index contributed by atoms with van der Waals surface area (Å²) in [5.74, 6) is 0.187. The van der Waals surface area contributed by atoms with Gasteiger partial charge in [-0.1, -0.05) is 57.9 Å². The number of carbonyl (C=O) groups is 1. The normalized spacial score (nSPS) is 10.8. The van der Waals surface area contributed by atoms with Crippen LogP contribution in [0.15, 0.2) is 62.2 Å². The summed E-state index contributed by atoms with van der Waals surface area (Å²) in [5.41, 5.74) is 0.653. The Kier molecular flexibility index (Phi) is 4.14. The molecule has 0 radical (unpaired) electrons. The molecule has 1 heterocycles. The van der Waals surface area contributed by atoms with E-state index in [-0.39, 0.29) is 17.6 Å². The summed E-state index contributed by atoms with van der Waals surface area (Å²) in [5, 5.41) is 0.714. The first-order valence-electron chi connectivity index (χ1n) is 6.54. The van der Waals surface area contributed by atoms with E-state index < -0.39 is 0 Å². The number of hydrogen-bond donors (Lipinski definition) is 0. The number of Topliss-reactive ketones (excluding diaryl/α,β-unsaturated/α-hetero) is 1. The van der Waals surface area contributed by atoms with Crippen LogP contribution in [0.5, 0.6) is 0 Å². The van der Waals surface area contributed by atoms with Crippen LogP contribution >= 0.6 is 27.5 Å². The maximum atomic E-state index is 12.2. The van der Waals surface area contributed by atoms with Crippen molar-refractivity contribution in [3.8, 4) is 0 Å². The van der Waals surface area contributed by atoms with Crippen molar-refractivity contribution in [2.75, 3.05) is 0 Å². The van der Waals surface area contributed by atoms with Crippen LogP contribution in [0.25, 0.3) is 11.0 Å². The molecule has 0 fully saturated rings. The fourth-order valence-corrected chi connectivity index (χ4v) is 3.05. The fraction of sp³-hybridized carbons (Fsp3) is 0.0588. The van der Waals surface area contributed by atoms with Crippen molar-refractivity contribution < 1.29 is 9.21 Å². The minimum absolute atomic E-state index is 0.0155. The molecule has 1 aromatic heterocycles. The van der Waals surface area contributed by atoms with Crippen LogP contribution in [-0.4, -0.2) is 5.78 Å². The lowest BCUT2D eigenvalue weighted by Gasteiger charge is -2.05. The second-order valence-corrected chi connectivity index (χ2v) is 6.13. The van der Waals surface area contributed by atoms with E-state index in [2.05, 4.69) is 15.9 Å². The van der Waals surface area contributed by atoms with Crippen LogP contribution in [0, 0.1) is 0 Å². The van der Waals surface area contributed by atoms with Crippen LogP contribution in [0.1, 0.15) is 16.1 Å². The molecule has 0 bridgehead atoms. The number of carbonyl (C=O) groups excluding carboxylic acids is 1.